The fourth-order valence-corrected chi connectivity index (χ4v) is 1.03. The molecule has 0 aliphatic carbocycles. The monoisotopic (exact) mass is 167 g/mol. The number of rotatable bonds is 1. The lowest BCUT2D eigenvalue weighted by Gasteiger charge is -2.07. The number of amides is 1. The minimum absolute atomic E-state index is 0.0481. The third-order valence-electron chi connectivity index (χ3n) is 1.62. The van der Waals surface area contributed by atoms with E-state index in [9.17, 15) is 4.79 Å². The van der Waals surface area contributed by atoms with Gasteiger partial charge in [0.05, 0.1) is 0 Å². The van der Waals surface area contributed by atoms with Gasteiger partial charge in [-0.15, -0.1) is 0 Å². The van der Waals surface area contributed by atoms with Crippen molar-refractivity contribution >= 4 is 5.91 Å². The number of hydrogen-bond donors (Lipinski definition) is 0. The third kappa shape index (κ3) is 1.47. The van der Waals surface area contributed by atoms with Crippen molar-refractivity contribution in [2.24, 2.45) is 7.05 Å². The maximum atomic E-state index is 11.4. The first kappa shape index (κ1) is 8.77. The van der Waals surface area contributed by atoms with Crippen LogP contribution < -0.4 is 0 Å². The number of carbonyl (C=O) groups excluding carboxylic acids is 1. The van der Waals surface area contributed by atoms with Gasteiger partial charge in [-0.2, -0.15) is 5.10 Å². The van der Waals surface area contributed by atoms with Gasteiger partial charge >= 0.3 is 0 Å². The normalized spacial score (nSPS) is 10.0. The molecule has 0 saturated heterocycles. The fraction of sp³-hybridized carbons (Fsp3) is 0.500. The van der Waals surface area contributed by atoms with Gasteiger partial charge in [0.2, 0.25) is 0 Å². The topological polar surface area (TPSA) is 38.1 Å². The van der Waals surface area contributed by atoms with Gasteiger partial charge in [0, 0.05) is 32.9 Å². The largest absolute Gasteiger partial charge is 0.343 e. The Morgan fingerprint density at radius 1 is 1.58 bits per heavy atom. The van der Waals surface area contributed by atoms with E-state index in [0.29, 0.717) is 5.69 Å². The maximum absolute atomic E-state index is 11.4. The Morgan fingerprint density at radius 2 is 2.17 bits per heavy atom. The molecule has 0 aromatic carbocycles. The van der Waals surface area contributed by atoms with Crippen molar-refractivity contribution in [3.63, 3.8) is 0 Å². The molecular formula is C8H13N3O. The lowest BCUT2D eigenvalue weighted by molar-refractivity contribution is 0.0820. The van der Waals surface area contributed by atoms with Crippen LogP contribution in [0, 0.1) is 6.92 Å². The highest BCUT2D eigenvalue weighted by molar-refractivity contribution is 5.93. The van der Waals surface area contributed by atoms with E-state index in [1.54, 1.807) is 25.8 Å². The van der Waals surface area contributed by atoms with Gasteiger partial charge in [-0.25, -0.2) is 0 Å². The van der Waals surface area contributed by atoms with Crippen molar-refractivity contribution in [1.82, 2.24) is 14.7 Å². The SMILES string of the molecule is Cc1cn(C)nc1C(=O)N(C)C. The molecule has 0 saturated carbocycles. The van der Waals surface area contributed by atoms with Gasteiger partial charge in [-0.1, -0.05) is 0 Å². The van der Waals surface area contributed by atoms with Gasteiger partial charge in [0.25, 0.3) is 5.91 Å². The van der Waals surface area contributed by atoms with Crippen LogP contribution in [0.25, 0.3) is 0 Å². The second kappa shape index (κ2) is 2.97. The highest BCUT2D eigenvalue weighted by Crippen LogP contribution is 2.05. The summed E-state index contributed by atoms with van der Waals surface area (Å²) in [5.41, 5.74) is 1.44. The number of aryl methyl sites for hydroxylation is 2. The van der Waals surface area contributed by atoms with Gasteiger partial charge < -0.3 is 4.90 Å². The summed E-state index contributed by atoms with van der Waals surface area (Å²) in [4.78, 5) is 13.0. The van der Waals surface area contributed by atoms with Crippen molar-refractivity contribution in [2.45, 2.75) is 6.92 Å². The first-order valence-electron chi connectivity index (χ1n) is 3.74. The molecular weight excluding hydrogens is 154 g/mol. The predicted molar refractivity (Wildman–Crippen MR) is 46.0 cm³/mol. The minimum Gasteiger partial charge on any atom is -0.343 e. The summed E-state index contributed by atoms with van der Waals surface area (Å²) in [6, 6.07) is 0. The summed E-state index contributed by atoms with van der Waals surface area (Å²) < 4.78 is 1.64. The van der Waals surface area contributed by atoms with Crippen molar-refractivity contribution < 1.29 is 4.79 Å². The summed E-state index contributed by atoms with van der Waals surface area (Å²) >= 11 is 0. The third-order valence-corrected chi connectivity index (χ3v) is 1.62. The van der Waals surface area contributed by atoms with Crippen molar-refractivity contribution in [3.05, 3.63) is 17.5 Å². The number of aromatic nitrogens is 2. The zero-order valence-corrected chi connectivity index (χ0v) is 7.83. The molecule has 1 aromatic rings. The molecule has 0 aliphatic rings. The first-order valence-corrected chi connectivity index (χ1v) is 3.74. The molecule has 0 radical (unpaired) electrons. The van der Waals surface area contributed by atoms with Crippen LogP contribution in [0.2, 0.25) is 0 Å². The summed E-state index contributed by atoms with van der Waals surface area (Å²) in [6.07, 6.45) is 1.83. The lowest BCUT2D eigenvalue weighted by atomic mass is 10.2. The second-order valence-electron chi connectivity index (χ2n) is 3.03. The summed E-state index contributed by atoms with van der Waals surface area (Å²) in [6.45, 7) is 1.88. The van der Waals surface area contributed by atoms with Gasteiger partial charge in [-0.3, -0.25) is 9.48 Å². The molecule has 0 unspecified atom stereocenters. The van der Waals surface area contributed by atoms with Crippen LogP contribution in [0.4, 0.5) is 0 Å². The van der Waals surface area contributed by atoms with E-state index in [2.05, 4.69) is 5.10 Å². The van der Waals surface area contributed by atoms with Crippen molar-refractivity contribution in [2.75, 3.05) is 14.1 Å². The molecule has 0 bridgehead atoms. The Bertz CT molecular complexity index is 301. The zero-order valence-electron chi connectivity index (χ0n) is 7.83. The maximum Gasteiger partial charge on any atom is 0.274 e. The quantitative estimate of drug-likeness (QED) is 0.608. The summed E-state index contributed by atoms with van der Waals surface area (Å²) in [5, 5.41) is 4.06. The first-order chi connectivity index (χ1) is 5.52. The van der Waals surface area contributed by atoms with Crippen LogP contribution in [-0.4, -0.2) is 34.7 Å². The van der Waals surface area contributed by atoms with Crippen molar-refractivity contribution in [1.29, 1.82) is 0 Å². The Hall–Kier alpha value is -1.32. The predicted octanol–water partition coefficient (Wildman–Crippen LogP) is 0.430. The lowest BCUT2D eigenvalue weighted by Crippen LogP contribution is -2.23. The molecule has 0 spiro atoms. The van der Waals surface area contributed by atoms with Gasteiger partial charge in [0.15, 0.2) is 5.69 Å². The Morgan fingerprint density at radius 3 is 2.50 bits per heavy atom. The van der Waals surface area contributed by atoms with Crippen molar-refractivity contribution in [3.8, 4) is 0 Å². The summed E-state index contributed by atoms with van der Waals surface area (Å²) in [5.74, 6) is -0.0481. The molecule has 1 amide bonds. The number of carbonyl (C=O) groups is 1. The van der Waals surface area contributed by atoms with Crippen LogP contribution in [0.1, 0.15) is 16.1 Å². The number of hydrogen-bond acceptors (Lipinski definition) is 2. The molecule has 0 N–H and O–H groups in total. The van der Waals surface area contributed by atoms with E-state index in [0.717, 1.165) is 5.56 Å². The molecule has 0 atom stereocenters. The van der Waals surface area contributed by atoms with Crippen LogP contribution in [0.15, 0.2) is 6.20 Å². The molecule has 12 heavy (non-hydrogen) atoms. The molecule has 1 heterocycles. The average Bonchev–Trinajstić information content (AvgIpc) is 2.28. The molecule has 66 valence electrons. The van der Waals surface area contributed by atoms with Crippen LogP contribution in [-0.2, 0) is 7.05 Å². The van der Waals surface area contributed by atoms with E-state index in [1.807, 2.05) is 13.1 Å². The Labute approximate surface area is 71.8 Å². The van der Waals surface area contributed by atoms with Crippen LogP contribution in [0.3, 0.4) is 0 Å². The van der Waals surface area contributed by atoms with E-state index in [4.69, 9.17) is 0 Å². The molecule has 4 nitrogen and oxygen atoms in total. The van der Waals surface area contributed by atoms with E-state index >= 15 is 0 Å². The molecule has 1 aromatic heterocycles. The standard InChI is InChI=1S/C8H13N3O/c1-6-5-11(4)9-7(6)8(12)10(2)3/h5H,1-4H3. The van der Waals surface area contributed by atoms with E-state index in [-0.39, 0.29) is 5.91 Å². The molecule has 0 aliphatic heterocycles. The second-order valence-corrected chi connectivity index (χ2v) is 3.03. The average molecular weight is 167 g/mol. The summed E-state index contributed by atoms with van der Waals surface area (Å²) in [7, 11) is 5.24. The van der Waals surface area contributed by atoms with Crippen LogP contribution in [0.5, 0.6) is 0 Å². The minimum atomic E-state index is -0.0481. The highest BCUT2D eigenvalue weighted by atomic mass is 16.2. The smallest absolute Gasteiger partial charge is 0.274 e. The van der Waals surface area contributed by atoms with E-state index < -0.39 is 0 Å². The highest BCUT2D eigenvalue weighted by Gasteiger charge is 2.14. The zero-order chi connectivity index (χ0) is 9.30. The van der Waals surface area contributed by atoms with Crippen LogP contribution >= 0.6 is 0 Å². The van der Waals surface area contributed by atoms with Gasteiger partial charge in [-0.05, 0) is 6.92 Å². The molecule has 1 rings (SSSR count). The number of nitrogens with zero attached hydrogens (tertiary/aromatic N) is 3. The van der Waals surface area contributed by atoms with Gasteiger partial charge in [0.1, 0.15) is 0 Å². The Kier molecular flexibility index (Phi) is 2.17. The molecule has 4 heteroatoms. The molecule has 0 fully saturated rings. The fourth-order valence-electron chi connectivity index (χ4n) is 1.03. The van der Waals surface area contributed by atoms with E-state index in [1.165, 1.54) is 4.90 Å². The Balaban J connectivity index is 3.02.